The van der Waals surface area contributed by atoms with Gasteiger partial charge in [-0.25, -0.2) is 0 Å². The molecule has 0 unspecified atom stereocenters. The summed E-state index contributed by atoms with van der Waals surface area (Å²) in [5.41, 5.74) is 18.9. The van der Waals surface area contributed by atoms with Crippen molar-refractivity contribution in [3.8, 4) is 11.1 Å². The van der Waals surface area contributed by atoms with Crippen LogP contribution in [0.5, 0.6) is 0 Å². The van der Waals surface area contributed by atoms with E-state index in [9.17, 15) is 0 Å². The maximum atomic E-state index is 2.50. The molecule has 0 aliphatic heterocycles. The molecule has 0 heterocycles. The molecule has 5 aliphatic carbocycles. The molecule has 0 aromatic heterocycles. The molecule has 0 spiro atoms. The van der Waals surface area contributed by atoms with Crippen LogP contribution in [0.1, 0.15) is 101 Å². The van der Waals surface area contributed by atoms with Gasteiger partial charge in [-0.1, -0.05) is 223 Å². The predicted octanol–water partition coefficient (Wildman–Crippen LogP) is 14.5. The van der Waals surface area contributed by atoms with Gasteiger partial charge in [0.1, 0.15) is 0 Å². The average molecular weight is 848 g/mol. The summed E-state index contributed by atoms with van der Waals surface area (Å²) < 4.78 is 0. The lowest BCUT2D eigenvalue weighted by atomic mass is 9.35. The third kappa shape index (κ3) is 8.47. The van der Waals surface area contributed by atoms with Crippen molar-refractivity contribution in [3.63, 3.8) is 0 Å². The molecule has 6 heteroatoms. The van der Waals surface area contributed by atoms with Crippen molar-refractivity contribution in [2.45, 2.75) is 147 Å². The van der Waals surface area contributed by atoms with Crippen LogP contribution in [0.15, 0.2) is 133 Å². The van der Waals surface area contributed by atoms with E-state index in [1.54, 1.807) is 0 Å². The fraction of sp³-hybridized carbons (Fsp3) is 0.390. The van der Waals surface area contributed by atoms with Gasteiger partial charge in [-0.3, -0.25) is 0 Å². The summed E-state index contributed by atoms with van der Waals surface area (Å²) in [6.45, 7) is 12.2. The highest BCUT2D eigenvalue weighted by atomic mass is 15.1. The van der Waals surface area contributed by atoms with E-state index in [4.69, 9.17) is 0 Å². The number of anilines is 6. The van der Waals surface area contributed by atoms with Gasteiger partial charge in [0, 0.05) is 34.1 Å². The smallest absolute Gasteiger partial charge is 0.175 e. The molecule has 0 radical (unpaired) electrons. The van der Waals surface area contributed by atoms with Crippen LogP contribution in [0, 0.1) is 0 Å². The molecular weight excluding hydrogens is 780 g/mol. The number of hydrogen-bond donors (Lipinski definition) is 0. The molecule has 11 rings (SSSR count). The second kappa shape index (κ2) is 18.5. The number of nitrogens with zero attached hydrogens (tertiary/aromatic N) is 2. The molecule has 326 valence electrons. The molecule has 4 saturated carbocycles. The second-order valence-corrected chi connectivity index (χ2v) is 21.5. The number of hydrogen-bond acceptors (Lipinski definition) is 2. The first-order chi connectivity index (χ1) is 31.9. The SMILES string of the molecule is CB(c1ccc(N(c2ccc(B(C)C3CCC3)cc2)c2ccc3c(c2)Cc2cc(N(c4ccc(B(C)C5CCCC5)cc4)c4ccc(B(C)C5CCC5)cc4)ccc2-3)cc1)C1CCCC1. The van der Waals surface area contributed by atoms with Crippen molar-refractivity contribution in [3.05, 3.63) is 145 Å². The first-order valence-electron chi connectivity index (χ1n) is 26.1. The first kappa shape index (κ1) is 42.8. The van der Waals surface area contributed by atoms with Crippen LogP contribution in [0.3, 0.4) is 0 Å². The minimum atomic E-state index is 0.608. The summed E-state index contributed by atoms with van der Waals surface area (Å²) in [6, 6.07) is 52.9. The Labute approximate surface area is 393 Å². The normalized spacial score (nSPS) is 17.3. The lowest BCUT2D eigenvalue weighted by molar-refractivity contribution is 0.496. The van der Waals surface area contributed by atoms with Gasteiger partial charge in [0.2, 0.25) is 0 Å². The molecule has 6 aromatic rings. The van der Waals surface area contributed by atoms with E-state index in [0.29, 0.717) is 26.9 Å². The van der Waals surface area contributed by atoms with Gasteiger partial charge in [-0.15, -0.1) is 0 Å². The molecule has 0 N–H and O–H groups in total. The summed E-state index contributed by atoms with van der Waals surface area (Å²) in [6.07, 6.45) is 20.2. The highest BCUT2D eigenvalue weighted by molar-refractivity contribution is 6.74. The zero-order valence-corrected chi connectivity index (χ0v) is 39.8. The van der Waals surface area contributed by atoms with Crippen LogP contribution in [0.2, 0.25) is 50.6 Å². The Hall–Kier alpha value is -4.82. The fourth-order valence-corrected chi connectivity index (χ4v) is 12.9. The molecule has 6 aromatic carbocycles. The number of fused-ring (bicyclic) bond motifs is 3. The number of rotatable bonds is 14. The fourth-order valence-electron chi connectivity index (χ4n) is 12.9. The third-order valence-electron chi connectivity index (χ3n) is 18.0. The molecule has 0 saturated heterocycles. The summed E-state index contributed by atoms with van der Waals surface area (Å²) >= 11 is 0. The van der Waals surface area contributed by atoms with Gasteiger partial charge in [-0.05, 0) is 101 Å². The Morgan fingerprint density at radius 3 is 0.800 bits per heavy atom. The van der Waals surface area contributed by atoms with Gasteiger partial charge < -0.3 is 9.80 Å². The molecular formula is C59H68B4N2. The molecule has 0 amide bonds. The van der Waals surface area contributed by atoms with Crippen LogP contribution in [0.4, 0.5) is 34.1 Å². The van der Waals surface area contributed by atoms with Crippen molar-refractivity contribution in [1.82, 2.24) is 0 Å². The summed E-state index contributed by atoms with van der Waals surface area (Å²) in [4.78, 5) is 5.01. The predicted molar refractivity (Wildman–Crippen MR) is 289 cm³/mol. The maximum Gasteiger partial charge on any atom is 0.175 e. The van der Waals surface area contributed by atoms with E-state index >= 15 is 0 Å². The lowest BCUT2D eigenvalue weighted by Crippen LogP contribution is -2.35. The second-order valence-electron chi connectivity index (χ2n) is 21.5. The molecule has 0 atom stereocenters. The van der Waals surface area contributed by atoms with Crippen LogP contribution >= 0.6 is 0 Å². The minimum Gasteiger partial charge on any atom is -0.310 e. The van der Waals surface area contributed by atoms with Gasteiger partial charge in [-0.2, -0.15) is 0 Å². The molecule has 4 fully saturated rings. The summed E-state index contributed by atoms with van der Waals surface area (Å²) in [7, 11) is 0. The number of benzene rings is 6. The van der Waals surface area contributed by atoms with Crippen molar-refractivity contribution >= 4 is 82.8 Å². The van der Waals surface area contributed by atoms with Crippen LogP contribution in [-0.2, 0) is 6.42 Å². The van der Waals surface area contributed by atoms with Gasteiger partial charge in [0.05, 0.1) is 0 Å². The quantitative estimate of drug-likeness (QED) is 0.101. The van der Waals surface area contributed by atoms with Gasteiger partial charge in [0.15, 0.2) is 26.9 Å². The topological polar surface area (TPSA) is 6.48 Å². The van der Waals surface area contributed by atoms with Crippen molar-refractivity contribution in [2.75, 3.05) is 9.80 Å². The van der Waals surface area contributed by atoms with Crippen molar-refractivity contribution < 1.29 is 0 Å². The molecule has 5 aliphatic rings. The van der Waals surface area contributed by atoms with E-state index in [-0.39, 0.29) is 0 Å². The van der Waals surface area contributed by atoms with Crippen LogP contribution in [-0.4, -0.2) is 26.9 Å². The Kier molecular flexibility index (Phi) is 12.2. The largest absolute Gasteiger partial charge is 0.310 e. The van der Waals surface area contributed by atoms with E-state index in [1.165, 1.54) is 168 Å². The summed E-state index contributed by atoms with van der Waals surface area (Å²) in [5.74, 6) is 3.29. The van der Waals surface area contributed by atoms with E-state index < -0.39 is 0 Å². The summed E-state index contributed by atoms with van der Waals surface area (Å²) in [5, 5.41) is 0. The Morgan fingerprint density at radius 2 is 0.554 bits per heavy atom. The first-order valence-corrected chi connectivity index (χ1v) is 26.1. The Morgan fingerprint density at radius 1 is 0.308 bits per heavy atom. The minimum absolute atomic E-state index is 0.608. The molecule has 0 bridgehead atoms. The average Bonchev–Trinajstić information content (AvgIpc) is 4.11. The third-order valence-corrected chi connectivity index (χ3v) is 18.0. The van der Waals surface area contributed by atoms with Crippen molar-refractivity contribution in [1.29, 1.82) is 0 Å². The lowest BCUT2D eigenvalue weighted by Gasteiger charge is -2.30. The zero-order valence-electron chi connectivity index (χ0n) is 39.8. The van der Waals surface area contributed by atoms with Gasteiger partial charge in [0.25, 0.3) is 0 Å². The van der Waals surface area contributed by atoms with Crippen molar-refractivity contribution in [2.24, 2.45) is 0 Å². The van der Waals surface area contributed by atoms with E-state index in [2.05, 4.69) is 171 Å². The highest BCUT2D eigenvalue weighted by Gasteiger charge is 2.31. The van der Waals surface area contributed by atoms with Crippen LogP contribution < -0.4 is 31.7 Å². The van der Waals surface area contributed by atoms with Gasteiger partial charge >= 0.3 is 0 Å². The Bertz CT molecular complexity index is 2390. The Balaban J connectivity index is 0.909. The zero-order chi connectivity index (χ0) is 44.0. The van der Waals surface area contributed by atoms with E-state index in [1.807, 2.05) is 0 Å². The standard InChI is InChI=1S/C59H68B4N2/c1-60(44-11-5-6-12-44)48-19-27-52(28-20-48)64(54-31-23-50(24-32-54)62(3)46-15-9-16-46)56-35-37-58-42(40-56)39-43-41-57(36-38-59(43)58)65(55-33-25-51(26-34-55)63(4)47-17-10-18-47)53-29-21-49(22-30-53)61(2)45-13-7-8-14-45/h19-38,40-41,44-47H,5-18,39H2,1-4H3. The van der Waals surface area contributed by atoms with E-state index in [0.717, 1.165) is 29.7 Å². The molecule has 65 heavy (non-hydrogen) atoms. The monoisotopic (exact) mass is 849 g/mol. The highest BCUT2D eigenvalue weighted by Crippen LogP contribution is 2.45. The molecule has 2 nitrogen and oxygen atoms in total. The maximum absolute atomic E-state index is 2.50. The van der Waals surface area contributed by atoms with Crippen LogP contribution in [0.25, 0.3) is 11.1 Å².